The van der Waals surface area contributed by atoms with Gasteiger partial charge in [-0.05, 0) is 37.8 Å². The molecule has 0 saturated heterocycles. The minimum Gasteiger partial charge on any atom is -0.393 e. The van der Waals surface area contributed by atoms with E-state index in [1.54, 1.807) is 30.8 Å². The first kappa shape index (κ1) is 14.4. The van der Waals surface area contributed by atoms with Gasteiger partial charge in [0, 0.05) is 11.4 Å². The summed E-state index contributed by atoms with van der Waals surface area (Å²) in [5, 5.41) is 12.3. The van der Waals surface area contributed by atoms with Gasteiger partial charge in [0.2, 0.25) is 0 Å². The molecule has 2 N–H and O–H groups in total. The quantitative estimate of drug-likeness (QED) is 0.811. The number of hydrogen-bond donors (Lipinski definition) is 2. The van der Waals surface area contributed by atoms with Crippen molar-refractivity contribution in [2.75, 3.05) is 12.8 Å². The lowest BCUT2D eigenvalue weighted by Gasteiger charge is -2.09. The number of aliphatic hydroxyl groups excluding tert-OH is 1. The van der Waals surface area contributed by atoms with Crippen molar-refractivity contribution in [2.45, 2.75) is 24.3 Å². The molecule has 0 bridgehead atoms. The Balaban J connectivity index is 2.67. The first-order valence-corrected chi connectivity index (χ1v) is 6.94. The Morgan fingerprint density at radius 3 is 2.88 bits per heavy atom. The molecule has 94 valence electrons. The molecular weight excluding hydrogens is 258 g/mol. The molecule has 0 aromatic heterocycles. The van der Waals surface area contributed by atoms with E-state index in [9.17, 15) is 4.79 Å². The minimum atomic E-state index is -0.414. The molecule has 3 nitrogen and oxygen atoms in total. The molecule has 1 amide bonds. The van der Waals surface area contributed by atoms with Gasteiger partial charge in [0.15, 0.2) is 0 Å². The zero-order chi connectivity index (χ0) is 12.8. The van der Waals surface area contributed by atoms with Gasteiger partial charge in [-0.3, -0.25) is 4.79 Å². The highest BCUT2D eigenvalue weighted by Crippen LogP contribution is 2.22. The molecule has 1 atom stereocenters. The summed E-state index contributed by atoms with van der Waals surface area (Å²) in [7, 11) is 0. The van der Waals surface area contributed by atoms with Crippen LogP contribution in [0.1, 0.15) is 23.7 Å². The molecule has 1 aromatic carbocycles. The van der Waals surface area contributed by atoms with Crippen LogP contribution in [-0.2, 0) is 0 Å². The van der Waals surface area contributed by atoms with Crippen LogP contribution >= 0.6 is 23.4 Å². The summed E-state index contributed by atoms with van der Waals surface area (Å²) in [4.78, 5) is 12.8. The van der Waals surface area contributed by atoms with E-state index in [1.165, 1.54) is 0 Å². The summed E-state index contributed by atoms with van der Waals surface area (Å²) in [5.74, 6) is -0.202. The van der Waals surface area contributed by atoms with Crippen molar-refractivity contribution in [2.24, 2.45) is 0 Å². The van der Waals surface area contributed by atoms with Crippen molar-refractivity contribution >= 4 is 29.3 Å². The smallest absolute Gasteiger partial charge is 0.252 e. The van der Waals surface area contributed by atoms with Gasteiger partial charge in [-0.15, -0.1) is 11.8 Å². The molecule has 1 rings (SSSR count). The summed E-state index contributed by atoms with van der Waals surface area (Å²) >= 11 is 7.53. The monoisotopic (exact) mass is 273 g/mol. The third-order valence-electron chi connectivity index (χ3n) is 2.27. The Bertz CT molecular complexity index is 396. The van der Waals surface area contributed by atoms with Crippen molar-refractivity contribution in [3.63, 3.8) is 0 Å². The van der Waals surface area contributed by atoms with Gasteiger partial charge in [-0.1, -0.05) is 11.6 Å². The normalized spacial score (nSPS) is 12.2. The summed E-state index contributed by atoms with van der Waals surface area (Å²) in [6, 6.07) is 5.36. The van der Waals surface area contributed by atoms with Gasteiger partial charge >= 0.3 is 0 Å². The number of aliphatic hydroxyl groups is 1. The number of thioether (sulfide) groups is 1. The molecule has 0 aliphatic heterocycles. The molecule has 1 unspecified atom stereocenters. The molecule has 1 aromatic rings. The third-order valence-corrected chi connectivity index (χ3v) is 3.32. The summed E-state index contributed by atoms with van der Waals surface area (Å²) in [6.07, 6.45) is 2.06. The van der Waals surface area contributed by atoms with E-state index in [0.717, 1.165) is 4.90 Å². The van der Waals surface area contributed by atoms with Crippen LogP contribution in [0.3, 0.4) is 0 Å². The number of halogens is 1. The second-order valence-corrected chi connectivity index (χ2v) is 5.03. The Morgan fingerprint density at radius 1 is 1.59 bits per heavy atom. The molecule has 17 heavy (non-hydrogen) atoms. The lowest BCUT2D eigenvalue weighted by Crippen LogP contribution is -2.26. The van der Waals surface area contributed by atoms with E-state index in [0.29, 0.717) is 23.6 Å². The first-order chi connectivity index (χ1) is 8.04. The number of hydrogen-bond acceptors (Lipinski definition) is 3. The molecule has 0 fully saturated rings. The maximum atomic E-state index is 11.8. The van der Waals surface area contributed by atoms with Gasteiger partial charge in [0.25, 0.3) is 5.91 Å². The van der Waals surface area contributed by atoms with Crippen LogP contribution in [0.2, 0.25) is 5.02 Å². The van der Waals surface area contributed by atoms with Crippen LogP contribution in [0.15, 0.2) is 23.1 Å². The standard InChI is InChI=1S/C12H16ClNO2S/c1-8(15)5-6-14-12(16)10-7-9(17-2)3-4-11(10)13/h3-4,7-8,15H,5-6H2,1-2H3,(H,14,16). The fraction of sp³-hybridized carbons (Fsp3) is 0.417. The fourth-order valence-electron chi connectivity index (χ4n) is 1.30. The Morgan fingerprint density at radius 2 is 2.29 bits per heavy atom. The van der Waals surface area contributed by atoms with Crippen LogP contribution in [0.25, 0.3) is 0 Å². The predicted molar refractivity (Wildman–Crippen MR) is 71.9 cm³/mol. The fourth-order valence-corrected chi connectivity index (χ4v) is 1.94. The number of carbonyl (C=O) groups excluding carboxylic acids is 1. The van der Waals surface area contributed by atoms with E-state index in [4.69, 9.17) is 16.7 Å². The topological polar surface area (TPSA) is 49.3 Å². The molecule has 0 saturated carbocycles. The van der Waals surface area contributed by atoms with Crippen molar-refractivity contribution in [1.82, 2.24) is 5.32 Å². The highest BCUT2D eigenvalue weighted by atomic mass is 35.5. The summed E-state index contributed by atoms with van der Waals surface area (Å²) in [6.45, 7) is 2.13. The average Bonchev–Trinajstić information content (AvgIpc) is 2.29. The number of nitrogens with one attached hydrogen (secondary N) is 1. The van der Waals surface area contributed by atoms with Gasteiger partial charge in [-0.25, -0.2) is 0 Å². The van der Waals surface area contributed by atoms with Crippen LogP contribution in [0, 0.1) is 0 Å². The van der Waals surface area contributed by atoms with Gasteiger partial charge in [-0.2, -0.15) is 0 Å². The van der Waals surface area contributed by atoms with Crippen LogP contribution in [-0.4, -0.2) is 29.9 Å². The predicted octanol–water partition coefficient (Wildman–Crippen LogP) is 2.56. The molecule has 0 heterocycles. The van der Waals surface area contributed by atoms with Crippen molar-refractivity contribution < 1.29 is 9.90 Å². The molecule has 5 heteroatoms. The van der Waals surface area contributed by atoms with E-state index in [-0.39, 0.29) is 5.91 Å². The van der Waals surface area contributed by atoms with E-state index >= 15 is 0 Å². The zero-order valence-corrected chi connectivity index (χ0v) is 11.4. The second-order valence-electron chi connectivity index (χ2n) is 3.74. The minimum absolute atomic E-state index is 0.202. The molecule has 0 spiro atoms. The molecule has 0 aliphatic carbocycles. The van der Waals surface area contributed by atoms with Crippen LogP contribution in [0.4, 0.5) is 0 Å². The highest BCUT2D eigenvalue weighted by molar-refractivity contribution is 7.98. The number of benzene rings is 1. The zero-order valence-electron chi connectivity index (χ0n) is 9.87. The van der Waals surface area contributed by atoms with E-state index in [1.807, 2.05) is 12.3 Å². The molecule has 0 aliphatic rings. The van der Waals surface area contributed by atoms with Gasteiger partial charge < -0.3 is 10.4 Å². The lowest BCUT2D eigenvalue weighted by atomic mass is 10.2. The Hall–Kier alpha value is -0.710. The lowest BCUT2D eigenvalue weighted by molar-refractivity contribution is 0.0945. The average molecular weight is 274 g/mol. The number of rotatable bonds is 5. The van der Waals surface area contributed by atoms with Crippen molar-refractivity contribution in [3.05, 3.63) is 28.8 Å². The van der Waals surface area contributed by atoms with Gasteiger partial charge in [0.05, 0.1) is 16.7 Å². The third kappa shape index (κ3) is 4.58. The number of amides is 1. The van der Waals surface area contributed by atoms with Crippen molar-refractivity contribution in [1.29, 1.82) is 0 Å². The highest BCUT2D eigenvalue weighted by Gasteiger charge is 2.10. The van der Waals surface area contributed by atoms with Crippen LogP contribution in [0.5, 0.6) is 0 Å². The number of carbonyl (C=O) groups is 1. The van der Waals surface area contributed by atoms with Gasteiger partial charge in [0.1, 0.15) is 0 Å². The summed E-state index contributed by atoms with van der Waals surface area (Å²) in [5.41, 5.74) is 0.476. The largest absolute Gasteiger partial charge is 0.393 e. The molecular formula is C12H16ClNO2S. The Labute approximate surface area is 111 Å². The maximum absolute atomic E-state index is 11.8. The first-order valence-electron chi connectivity index (χ1n) is 5.34. The van der Waals surface area contributed by atoms with E-state index in [2.05, 4.69) is 5.32 Å². The summed E-state index contributed by atoms with van der Waals surface area (Å²) < 4.78 is 0. The Kier molecular flexibility index (Phi) is 5.82. The maximum Gasteiger partial charge on any atom is 0.252 e. The van der Waals surface area contributed by atoms with Crippen molar-refractivity contribution in [3.8, 4) is 0 Å². The van der Waals surface area contributed by atoms with E-state index < -0.39 is 6.10 Å². The SMILES string of the molecule is CSc1ccc(Cl)c(C(=O)NCCC(C)O)c1. The molecule has 0 radical (unpaired) electrons. The van der Waals surface area contributed by atoms with Crippen LogP contribution < -0.4 is 5.32 Å². The second kappa shape index (κ2) is 6.89.